The van der Waals surface area contributed by atoms with E-state index < -0.39 is 43.3 Å². The minimum absolute atomic E-state index is 0.145. The fraction of sp³-hybridized carbons (Fsp3) is 0.350. The van der Waals surface area contributed by atoms with Crippen LogP contribution in [-0.2, 0) is 17.6 Å². The van der Waals surface area contributed by atoms with Crippen LogP contribution in [0.1, 0.15) is 33.0 Å². The van der Waals surface area contributed by atoms with Gasteiger partial charge in [0.2, 0.25) is 5.91 Å². The number of nitrogens with one attached hydrogen (secondary N) is 1. The lowest BCUT2D eigenvalue weighted by molar-refractivity contribution is -0.131. The first-order chi connectivity index (χ1) is 14.3. The molecule has 1 aromatic carbocycles. The molecule has 10 heteroatoms. The highest BCUT2D eigenvalue weighted by Gasteiger charge is 2.47. The van der Waals surface area contributed by atoms with Crippen molar-refractivity contribution in [3.05, 3.63) is 51.5 Å². The first kappa shape index (κ1) is 21.3. The van der Waals surface area contributed by atoms with Gasteiger partial charge in [-0.3, -0.25) is 9.59 Å². The van der Waals surface area contributed by atoms with Gasteiger partial charge in [0.15, 0.2) is 0 Å². The van der Waals surface area contributed by atoms with Gasteiger partial charge < -0.3 is 10.2 Å². The summed E-state index contributed by atoms with van der Waals surface area (Å²) < 4.78 is 26.9. The Bertz CT molecular complexity index is 1020. The number of likely N-dealkylation sites (tertiary alicyclic amines) is 1. The molecule has 0 saturated carbocycles. The lowest BCUT2D eigenvalue weighted by Crippen LogP contribution is -2.43. The number of hydrogen-bond acceptors (Lipinski definition) is 6. The predicted octanol–water partition coefficient (Wildman–Crippen LogP) is 2.29. The zero-order valence-electron chi connectivity index (χ0n) is 15.8. The molecule has 2 aromatic rings. The highest BCUT2D eigenvalue weighted by Crippen LogP contribution is 2.31. The SMILES string of the molecule is N#Cc1ccc(CCc2nc(C(=O)NCC(=O)N3CC(F)(F)C[C@H]3C#N)cs2)cc1. The Labute approximate surface area is 175 Å². The third kappa shape index (κ3) is 5.16. The summed E-state index contributed by atoms with van der Waals surface area (Å²) in [6.45, 7) is -1.30. The molecule has 1 N–H and O–H groups in total. The van der Waals surface area contributed by atoms with Gasteiger partial charge in [0.05, 0.1) is 35.8 Å². The van der Waals surface area contributed by atoms with Crippen molar-refractivity contribution in [3.63, 3.8) is 0 Å². The smallest absolute Gasteiger partial charge is 0.271 e. The van der Waals surface area contributed by atoms with Crippen LogP contribution in [-0.4, -0.2) is 46.8 Å². The minimum atomic E-state index is -3.10. The molecule has 0 aliphatic carbocycles. The first-order valence-electron chi connectivity index (χ1n) is 9.10. The van der Waals surface area contributed by atoms with E-state index in [4.69, 9.17) is 10.5 Å². The van der Waals surface area contributed by atoms with Crippen molar-refractivity contribution in [3.8, 4) is 12.1 Å². The number of nitriles is 2. The van der Waals surface area contributed by atoms with E-state index in [2.05, 4.69) is 16.4 Å². The summed E-state index contributed by atoms with van der Waals surface area (Å²) in [4.78, 5) is 29.4. The summed E-state index contributed by atoms with van der Waals surface area (Å²) in [5.41, 5.74) is 1.77. The maximum absolute atomic E-state index is 13.4. The topological polar surface area (TPSA) is 110 Å². The number of carbonyl (C=O) groups excluding carboxylic acids is 2. The predicted molar refractivity (Wildman–Crippen MR) is 104 cm³/mol. The van der Waals surface area contributed by atoms with Gasteiger partial charge in [0.1, 0.15) is 11.7 Å². The van der Waals surface area contributed by atoms with Gasteiger partial charge in [-0.1, -0.05) is 12.1 Å². The lowest BCUT2D eigenvalue weighted by Gasteiger charge is -2.19. The maximum Gasteiger partial charge on any atom is 0.271 e. The Hall–Kier alpha value is -3.37. The number of rotatable bonds is 6. The second kappa shape index (κ2) is 8.97. The number of carbonyl (C=O) groups is 2. The number of alkyl halides is 2. The Kier molecular flexibility index (Phi) is 6.38. The molecule has 0 unspecified atom stereocenters. The maximum atomic E-state index is 13.4. The molecule has 1 saturated heterocycles. The Balaban J connectivity index is 1.50. The van der Waals surface area contributed by atoms with E-state index in [1.807, 2.05) is 12.1 Å². The van der Waals surface area contributed by atoms with E-state index in [1.54, 1.807) is 23.6 Å². The lowest BCUT2D eigenvalue weighted by atomic mass is 10.1. The minimum Gasteiger partial charge on any atom is -0.342 e. The molecular formula is C20H17F2N5O2S. The normalized spacial score (nSPS) is 17.2. The van der Waals surface area contributed by atoms with Crippen LogP contribution in [0.4, 0.5) is 8.78 Å². The van der Waals surface area contributed by atoms with Crippen molar-refractivity contribution < 1.29 is 18.4 Å². The zero-order valence-corrected chi connectivity index (χ0v) is 16.6. The van der Waals surface area contributed by atoms with Crippen molar-refractivity contribution in [1.29, 1.82) is 10.5 Å². The Morgan fingerprint density at radius 1 is 1.27 bits per heavy atom. The van der Waals surface area contributed by atoms with Crippen LogP contribution in [0.2, 0.25) is 0 Å². The second-order valence-corrected chi connectivity index (χ2v) is 7.79. The van der Waals surface area contributed by atoms with Gasteiger partial charge in [-0.25, -0.2) is 13.8 Å². The highest BCUT2D eigenvalue weighted by molar-refractivity contribution is 7.09. The van der Waals surface area contributed by atoms with Crippen molar-refractivity contribution in [2.75, 3.05) is 13.1 Å². The number of aromatic nitrogens is 1. The van der Waals surface area contributed by atoms with Crippen molar-refractivity contribution >= 4 is 23.2 Å². The van der Waals surface area contributed by atoms with Gasteiger partial charge in [-0.2, -0.15) is 10.5 Å². The van der Waals surface area contributed by atoms with Crippen LogP contribution >= 0.6 is 11.3 Å². The van der Waals surface area contributed by atoms with E-state index >= 15 is 0 Å². The number of thiazole rings is 1. The zero-order chi connectivity index (χ0) is 21.7. The Morgan fingerprint density at radius 2 is 2.00 bits per heavy atom. The molecule has 2 heterocycles. The molecule has 0 spiro atoms. The summed E-state index contributed by atoms with van der Waals surface area (Å²) in [6.07, 6.45) is 0.602. The summed E-state index contributed by atoms with van der Waals surface area (Å²) >= 11 is 1.31. The molecular weight excluding hydrogens is 412 g/mol. The van der Waals surface area contributed by atoms with Crippen molar-refractivity contribution in [2.45, 2.75) is 31.2 Å². The van der Waals surface area contributed by atoms with Crippen LogP contribution in [0.3, 0.4) is 0 Å². The second-order valence-electron chi connectivity index (χ2n) is 6.84. The molecule has 1 aliphatic heterocycles. The number of aryl methyl sites for hydroxylation is 2. The molecule has 1 aromatic heterocycles. The third-order valence-electron chi connectivity index (χ3n) is 4.63. The van der Waals surface area contributed by atoms with Crippen LogP contribution < -0.4 is 5.32 Å². The largest absolute Gasteiger partial charge is 0.342 e. The highest BCUT2D eigenvalue weighted by atomic mass is 32.1. The van der Waals surface area contributed by atoms with Gasteiger partial charge in [0.25, 0.3) is 11.8 Å². The summed E-state index contributed by atoms with van der Waals surface area (Å²) in [6, 6.07) is 9.75. The number of hydrogen-bond donors (Lipinski definition) is 1. The van der Waals surface area contributed by atoms with E-state index in [9.17, 15) is 18.4 Å². The van der Waals surface area contributed by atoms with E-state index in [-0.39, 0.29) is 5.69 Å². The number of amides is 2. The van der Waals surface area contributed by atoms with E-state index in [1.165, 1.54) is 11.3 Å². The molecule has 1 fully saturated rings. The van der Waals surface area contributed by atoms with Crippen LogP contribution in [0.25, 0.3) is 0 Å². The molecule has 0 radical (unpaired) electrons. The van der Waals surface area contributed by atoms with E-state index in [0.717, 1.165) is 15.5 Å². The average Bonchev–Trinajstić information content (AvgIpc) is 3.34. The molecule has 0 bridgehead atoms. The first-order valence-corrected chi connectivity index (χ1v) is 9.98. The summed E-state index contributed by atoms with van der Waals surface area (Å²) in [7, 11) is 0. The van der Waals surface area contributed by atoms with Crippen LogP contribution in [0.15, 0.2) is 29.6 Å². The summed E-state index contributed by atoms with van der Waals surface area (Å²) in [5, 5.41) is 22.4. The van der Waals surface area contributed by atoms with E-state index in [0.29, 0.717) is 18.4 Å². The number of nitrogens with zero attached hydrogens (tertiary/aromatic N) is 4. The van der Waals surface area contributed by atoms with Gasteiger partial charge in [-0.05, 0) is 24.1 Å². The van der Waals surface area contributed by atoms with Gasteiger partial charge >= 0.3 is 0 Å². The molecule has 2 amide bonds. The fourth-order valence-electron chi connectivity index (χ4n) is 3.07. The molecule has 30 heavy (non-hydrogen) atoms. The third-order valence-corrected chi connectivity index (χ3v) is 5.54. The van der Waals surface area contributed by atoms with Crippen molar-refractivity contribution in [1.82, 2.24) is 15.2 Å². The monoisotopic (exact) mass is 429 g/mol. The van der Waals surface area contributed by atoms with Crippen LogP contribution in [0.5, 0.6) is 0 Å². The summed E-state index contributed by atoms with van der Waals surface area (Å²) in [5.74, 6) is -4.41. The van der Waals surface area contributed by atoms with Crippen LogP contribution in [0, 0.1) is 22.7 Å². The van der Waals surface area contributed by atoms with Gasteiger partial charge in [-0.15, -0.1) is 11.3 Å². The van der Waals surface area contributed by atoms with Crippen molar-refractivity contribution in [2.24, 2.45) is 0 Å². The fourth-order valence-corrected chi connectivity index (χ4v) is 3.85. The quantitative estimate of drug-likeness (QED) is 0.758. The standard InChI is InChI=1S/C20H17F2N5O2S/c21-20(22)7-15(9-24)27(12-20)18(28)10-25-19(29)16-11-30-17(26-16)6-5-13-1-3-14(8-23)4-2-13/h1-4,11,15H,5-7,10,12H2,(H,25,29)/t15-/m0/s1. The average molecular weight is 429 g/mol. The molecule has 7 nitrogen and oxygen atoms in total. The Morgan fingerprint density at radius 3 is 2.67 bits per heavy atom. The molecule has 3 rings (SSSR count). The molecule has 1 aliphatic rings. The number of benzene rings is 1. The molecule has 154 valence electrons. The number of halogens is 2. The van der Waals surface area contributed by atoms with Gasteiger partial charge in [0, 0.05) is 18.2 Å². The molecule has 1 atom stereocenters.